The largest absolute Gasteiger partial charge is 0.476 e. The Morgan fingerprint density at radius 2 is 2.39 bits per heavy atom. The summed E-state index contributed by atoms with van der Waals surface area (Å²) in [6, 6.07) is 0. The van der Waals surface area contributed by atoms with Crippen molar-refractivity contribution in [1.29, 1.82) is 0 Å². The van der Waals surface area contributed by atoms with Gasteiger partial charge in [0.25, 0.3) is 0 Å². The van der Waals surface area contributed by atoms with Gasteiger partial charge in [0.1, 0.15) is 11.9 Å². The van der Waals surface area contributed by atoms with E-state index in [1.807, 2.05) is 4.57 Å². The first-order chi connectivity index (χ1) is 8.77. The van der Waals surface area contributed by atoms with Crippen LogP contribution in [0.15, 0.2) is 0 Å². The number of carbonyl (C=O) groups is 1. The van der Waals surface area contributed by atoms with Crippen LogP contribution in [0.5, 0.6) is 0 Å². The molecule has 0 bridgehead atoms. The smallest absolute Gasteiger partial charge is 0.356 e. The van der Waals surface area contributed by atoms with E-state index in [4.69, 9.17) is 4.74 Å². The third-order valence-electron chi connectivity index (χ3n) is 3.57. The zero-order valence-electron chi connectivity index (χ0n) is 10.2. The number of aromatic nitrogens is 2. The molecule has 1 unspecified atom stereocenters. The lowest BCUT2D eigenvalue weighted by molar-refractivity contribution is 0.0195. The number of ether oxygens (including phenoxy) is 1. The molecule has 1 fully saturated rings. The highest BCUT2D eigenvalue weighted by Crippen LogP contribution is 2.26. The molecule has 0 saturated carbocycles. The highest BCUT2D eigenvalue weighted by Gasteiger charge is 2.29. The van der Waals surface area contributed by atoms with Crippen LogP contribution in [0.2, 0.25) is 0 Å². The number of rotatable bonds is 2. The Balaban J connectivity index is 2.00. The van der Waals surface area contributed by atoms with E-state index in [1.165, 1.54) is 0 Å². The maximum atomic E-state index is 11.2. The van der Waals surface area contributed by atoms with Crippen molar-refractivity contribution in [3.63, 3.8) is 0 Å². The van der Waals surface area contributed by atoms with Crippen LogP contribution in [-0.2, 0) is 17.7 Å². The van der Waals surface area contributed by atoms with Gasteiger partial charge in [-0.3, -0.25) is 0 Å². The summed E-state index contributed by atoms with van der Waals surface area (Å²) in [5.41, 5.74) is 1.07. The van der Waals surface area contributed by atoms with Gasteiger partial charge in [0, 0.05) is 19.6 Å². The fourth-order valence-electron chi connectivity index (χ4n) is 2.72. The van der Waals surface area contributed by atoms with Gasteiger partial charge in [-0.25, -0.2) is 9.78 Å². The number of nitrogens with one attached hydrogen (secondary N) is 1. The molecule has 0 radical (unpaired) electrons. The molecule has 1 atom stereocenters. The normalized spacial score (nSPS) is 23.7. The van der Waals surface area contributed by atoms with E-state index in [1.54, 1.807) is 0 Å². The van der Waals surface area contributed by atoms with Crippen LogP contribution >= 0.6 is 0 Å². The van der Waals surface area contributed by atoms with Crippen LogP contribution in [0, 0.1) is 0 Å². The van der Waals surface area contributed by atoms with Crippen LogP contribution in [0.3, 0.4) is 0 Å². The number of imidazole rings is 1. The number of carboxylic acids is 1. The van der Waals surface area contributed by atoms with Crippen molar-refractivity contribution in [2.75, 3.05) is 19.7 Å². The molecule has 1 aromatic heterocycles. The summed E-state index contributed by atoms with van der Waals surface area (Å²) < 4.78 is 7.73. The van der Waals surface area contributed by atoms with E-state index in [0.717, 1.165) is 43.9 Å². The number of hydrogen-bond donors (Lipinski definition) is 2. The fourth-order valence-corrected chi connectivity index (χ4v) is 2.72. The second-order valence-electron chi connectivity index (χ2n) is 4.74. The minimum Gasteiger partial charge on any atom is -0.476 e. The monoisotopic (exact) mass is 251 g/mol. The van der Waals surface area contributed by atoms with Crippen LogP contribution < -0.4 is 5.32 Å². The Bertz CT molecular complexity index is 463. The van der Waals surface area contributed by atoms with Crippen molar-refractivity contribution in [3.05, 3.63) is 17.2 Å². The third-order valence-corrected chi connectivity index (χ3v) is 3.57. The Hall–Kier alpha value is -1.40. The van der Waals surface area contributed by atoms with Gasteiger partial charge in [0.15, 0.2) is 5.69 Å². The molecule has 2 aliphatic heterocycles. The van der Waals surface area contributed by atoms with Gasteiger partial charge in [-0.05, 0) is 19.3 Å². The van der Waals surface area contributed by atoms with Crippen LogP contribution in [0.4, 0.5) is 0 Å². The molecule has 0 amide bonds. The van der Waals surface area contributed by atoms with Crippen LogP contribution in [0.1, 0.15) is 41.0 Å². The van der Waals surface area contributed by atoms with Gasteiger partial charge in [-0.2, -0.15) is 0 Å². The summed E-state index contributed by atoms with van der Waals surface area (Å²) >= 11 is 0. The second kappa shape index (κ2) is 4.70. The summed E-state index contributed by atoms with van der Waals surface area (Å²) in [4.78, 5) is 15.6. The summed E-state index contributed by atoms with van der Waals surface area (Å²) in [6.45, 7) is 3.05. The highest BCUT2D eigenvalue weighted by molar-refractivity contribution is 5.87. The van der Waals surface area contributed by atoms with Gasteiger partial charge in [0.2, 0.25) is 0 Å². The maximum Gasteiger partial charge on any atom is 0.356 e. The van der Waals surface area contributed by atoms with Gasteiger partial charge in [-0.15, -0.1) is 0 Å². The Morgan fingerprint density at radius 1 is 1.50 bits per heavy atom. The zero-order valence-corrected chi connectivity index (χ0v) is 10.2. The zero-order chi connectivity index (χ0) is 12.5. The molecular weight excluding hydrogens is 234 g/mol. The van der Waals surface area contributed by atoms with Crippen molar-refractivity contribution >= 4 is 5.97 Å². The second-order valence-corrected chi connectivity index (χ2v) is 4.74. The molecule has 6 nitrogen and oxygen atoms in total. The SMILES string of the molecule is O=C(O)c1nc(C2CNCCO2)n2c1CCCC2. The molecule has 18 heavy (non-hydrogen) atoms. The molecular formula is C12H17N3O3. The van der Waals surface area contributed by atoms with Crippen molar-refractivity contribution in [2.24, 2.45) is 0 Å². The number of morpholine rings is 1. The average molecular weight is 251 g/mol. The van der Waals surface area contributed by atoms with E-state index < -0.39 is 5.97 Å². The average Bonchev–Trinajstić information content (AvgIpc) is 2.79. The molecule has 6 heteroatoms. The highest BCUT2D eigenvalue weighted by atomic mass is 16.5. The molecule has 2 aliphatic rings. The number of fused-ring (bicyclic) bond motifs is 1. The van der Waals surface area contributed by atoms with Gasteiger partial charge >= 0.3 is 5.97 Å². The number of nitrogens with zero attached hydrogens (tertiary/aromatic N) is 2. The molecule has 0 aromatic carbocycles. The maximum absolute atomic E-state index is 11.2. The minimum atomic E-state index is -0.935. The van der Waals surface area contributed by atoms with Gasteiger partial charge < -0.3 is 19.7 Å². The summed E-state index contributed by atoms with van der Waals surface area (Å²) in [6.07, 6.45) is 2.79. The molecule has 1 aromatic rings. The first-order valence-corrected chi connectivity index (χ1v) is 6.42. The third kappa shape index (κ3) is 1.91. The Labute approximate surface area is 105 Å². The van der Waals surface area contributed by atoms with Gasteiger partial charge in [0.05, 0.1) is 12.3 Å². The summed E-state index contributed by atoms with van der Waals surface area (Å²) in [7, 11) is 0. The number of hydrogen-bond acceptors (Lipinski definition) is 4. The lowest BCUT2D eigenvalue weighted by Gasteiger charge is -2.25. The predicted octanol–water partition coefficient (Wildman–Crippen LogP) is 0.578. The van der Waals surface area contributed by atoms with Crippen molar-refractivity contribution in [1.82, 2.24) is 14.9 Å². The Kier molecular flexibility index (Phi) is 3.05. The molecule has 98 valence electrons. The van der Waals surface area contributed by atoms with E-state index >= 15 is 0 Å². The predicted molar refractivity (Wildman–Crippen MR) is 63.7 cm³/mol. The van der Waals surface area contributed by atoms with Crippen molar-refractivity contribution < 1.29 is 14.6 Å². The first kappa shape index (κ1) is 11.7. The quantitative estimate of drug-likeness (QED) is 0.804. The lowest BCUT2D eigenvalue weighted by atomic mass is 10.1. The van der Waals surface area contributed by atoms with E-state index in [9.17, 15) is 9.90 Å². The first-order valence-electron chi connectivity index (χ1n) is 6.42. The van der Waals surface area contributed by atoms with Crippen LogP contribution in [-0.4, -0.2) is 40.3 Å². The summed E-state index contributed by atoms with van der Waals surface area (Å²) in [5.74, 6) is -0.162. The topological polar surface area (TPSA) is 76.4 Å². The van der Waals surface area contributed by atoms with E-state index in [0.29, 0.717) is 13.2 Å². The summed E-state index contributed by atoms with van der Waals surface area (Å²) in [5, 5.41) is 12.5. The molecule has 2 N–H and O–H groups in total. The van der Waals surface area contributed by atoms with Crippen molar-refractivity contribution in [2.45, 2.75) is 31.9 Å². The molecule has 0 aliphatic carbocycles. The molecule has 0 spiro atoms. The fraction of sp³-hybridized carbons (Fsp3) is 0.667. The number of carboxylic acid groups (broad SMARTS) is 1. The van der Waals surface area contributed by atoms with Gasteiger partial charge in [-0.1, -0.05) is 0 Å². The molecule has 3 rings (SSSR count). The molecule has 3 heterocycles. The lowest BCUT2D eigenvalue weighted by Crippen LogP contribution is -2.35. The molecule has 1 saturated heterocycles. The van der Waals surface area contributed by atoms with Crippen LogP contribution in [0.25, 0.3) is 0 Å². The van der Waals surface area contributed by atoms with E-state index in [2.05, 4.69) is 10.3 Å². The Morgan fingerprint density at radius 3 is 3.11 bits per heavy atom. The standard InChI is InChI=1S/C12H17N3O3/c16-12(17)10-8-3-1-2-5-15(8)11(14-10)9-7-13-4-6-18-9/h9,13H,1-7H2,(H,16,17). The van der Waals surface area contributed by atoms with E-state index in [-0.39, 0.29) is 11.8 Å². The number of aromatic carboxylic acids is 1. The van der Waals surface area contributed by atoms with Crippen molar-refractivity contribution in [3.8, 4) is 0 Å². The minimum absolute atomic E-state index is 0.122.